The highest BCUT2D eigenvalue weighted by Gasteiger charge is 2.24. The number of aromatic nitrogens is 3. The minimum Gasteiger partial charge on any atom is -0.382 e. The van der Waals surface area contributed by atoms with Crippen LogP contribution in [0, 0.1) is 0 Å². The van der Waals surface area contributed by atoms with Gasteiger partial charge in [0.25, 0.3) is 5.91 Å². The monoisotopic (exact) mass is 400 g/mol. The van der Waals surface area contributed by atoms with E-state index in [0.29, 0.717) is 18.8 Å². The first-order chi connectivity index (χ1) is 13.7. The fourth-order valence-electron chi connectivity index (χ4n) is 3.66. The Hall–Kier alpha value is -2.29. The molecule has 2 aromatic heterocycles. The Labute approximate surface area is 167 Å². The van der Waals surface area contributed by atoms with Gasteiger partial charge in [-0.2, -0.15) is 0 Å². The van der Waals surface area contributed by atoms with Crippen LogP contribution in [0.4, 0.5) is 0 Å². The first-order valence-corrected chi connectivity index (χ1v) is 10.4. The molecule has 8 heteroatoms. The maximum Gasteiger partial charge on any atom is 0.253 e. The molecule has 148 valence electrons. The third-order valence-electron chi connectivity index (χ3n) is 5.14. The van der Waals surface area contributed by atoms with Gasteiger partial charge in [0.05, 0.1) is 52.6 Å². The lowest BCUT2D eigenvalue weighted by atomic mass is 9.92. The van der Waals surface area contributed by atoms with Gasteiger partial charge in [0.2, 0.25) is 0 Å². The first kappa shape index (κ1) is 19.0. The molecule has 0 spiro atoms. The predicted molar refractivity (Wildman–Crippen MR) is 109 cm³/mol. The molecule has 1 aromatic carbocycles. The van der Waals surface area contributed by atoms with Crippen LogP contribution in [-0.4, -0.2) is 53.3 Å². The van der Waals surface area contributed by atoms with Gasteiger partial charge in [0.15, 0.2) is 0 Å². The van der Waals surface area contributed by atoms with E-state index >= 15 is 0 Å². The van der Waals surface area contributed by atoms with E-state index in [0.717, 1.165) is 47.2 Å². The molecule has 2 heterocycles. The van der Waals surface area contributed by atoms with E-state index in [1.807, 2.05) is 18.3 Å². The second-order valence-corrected chi connectivity index (χ2v) is 7.88. The molecule has 0 aliphatic heterocycles. The second kappa shape index (κ2) is 8.81. The molecule has 1 amide bonds. The molecule has 0 bridgehead atoms. The van der Waals surface area contributed by atoms with Crippen LogP contribution in [0.15, 0.2) is 30.2 Å². The van der Waals surface area contributed by atoms with E-state index in [2.05, 4.69) is 20.3 Å². The van der Waals surface area contributed by atoms with Crippen molar-refractivity contribution in [2.24, 2.45) is 0 Å². The molecule has 7 nitrogen and oxygen atoms in total. The number of nitrogens with one attached hydrogen (secondary N) is 2. The molecule has 3 aromatic rings. The molecule has 1 fully saturated rings. The van der Waals surface area contributed by atoms with Crippen LogP contribution < -0.4 is 5.32 Å². The number of benzene rings is 1. The quantitative estimate of drug-likeness (QED) is 0.594. The number of methoxy groups -OCH3 is 1. The Balaban J connectivity index is 1.44. The van der Waals surface area contributed by atoms with Gasteiger partial charge < -0.3 is 19.8 Å². The standard InChI is InChI=1S/C20H24N4O3S/c1-26-6-7-27-15-4-2-14(3-5-15)24-20(25)16-8-13(18-10-21-12-28-18)9-17-19(16)23-11-22-17/h8-12,14-15H,2-7H2,1H3,(H,22,23)(H,24,25). The van der Waals surface area contributed by atoms with Gasteiger partial charge >= 0.3 is 0 Å². The number of imidazole rings is 1. The van der Waals surface area contributed by atoms with E-state index in [1.54, 1.807) is 30.3 Å². The SMILES string of the molecule is COCCOC1CCC(NC(=O)c2cc(-c3cncs3)cc3nc[nH]c23)CC1. The summed E-state index contributed by atoms with van der Waals surface area (Å²) in [7, 11) is 1.68. The summed E-state index contributed by atoms with van der Waals surface area (Å²) in [5, 5.41) is 3.20. The fourth-order valence-corrected chi connectivity index (χ4v) is 4.27. The third kappa shape index (κ3) is 4.24. The number of nitrogens with zero attached hydrogens (tertiary/aromatic N) is 2. The highest BCUT2D eigenvalue weighted by molar-refractivity contribution is 7.13. The van der Waals surface area contributed by atoms with Crippen molar-refractivity contribution in [2.45, 2.75) is 37.8 Å². The van der Waals surface area contributed by atoms with Crippen molar-refractivity contribution in [3.63, 3.8) is 0 Å². The number of aromatic amines is 1. The molecule has 1 saturated carbocycles. The molecule has 0 unspecified atom stereocenters. The maximum atomic E-state index is 13.0. The van der Waals surface area contributed by atoms with Gasteiger partial charge in [0.1, 0.15) is 0 Å². The Morgan fingerprint density at radius 1 is 1.29 bits per heavy atom. The molecule has 2 N–H and O–H groups in total. The van der Waals surface area contributed by atoms with Gasteiger partial charge in [-0.05, 0) is 43.4 Å². The summed E-state index contributed by atoms with van der Waals surface area (Å²) in [4.78, 5) is 25.6. The number of amides is 1. The molecule has 0 atom stereocenters. The van der Waals surface area contributed by atoms with Crippen molar-refractivity contribution in [3.05, 3.63) is 35.7 Å². The van der Waals surface area contributed by atoms with Gasteiger partial charge in [-0.15, -0.1) is 11.3 Å². The van der Waals surface area contributed by atoms with Crippen LogP contribution in [0.5, 0.6) is 0 Å². The van der Waals surface area contributed by atoms with Crippen LogP contribution in [-0.2, 0) is 9.47 Å². The van der Waals surface area contributed by atoms with Gasteiger partial charge in [-0.25, -0.2) is 4.98 Å². The molecule has 0 saturated heterocycles. The van der Waals surface area contributed by atoms with Crippen molar-refractivity contribution < 1.29 is 14.3 Å². The molecule has 1 aliphatic rings. The molecule has 0 radical (unpaired) electrons. The normalized spacial score (nSPS) is 19.8. The largest absolute Gasteiger partial charge is 0.382 e. The number of carbonyl (C=O) groups is 1. The number of thiazole rings is 1. The average Bonchev–Trinajstić information content (AvgIpc) is 3.40. The highest BCUT2D eigenvalue weighted by atomic mass is 32.1. The fraction of sp³-hybridized carbons (Fsp3) is 0.450. The number of fused-ring (bicyclic) bond motifs is 1. The number of H-pyrrole nitrogens is 1. The summed E-state index contributed by atoms with van der Waals surface area (Å²) in [6, 6.07) is 4.07. The number of carbonyl (C=O) groups excluding carboxylic acids is 1. The summed E-state index contributed by atoms with van der Waals surface area (Å²) >= 11 is 1.55. The Bertz CT molecular complexity index is 917. The topological polar surface area (TPSA) is 89.1 Å². The predicted octanol–water partition coefficient (Wildman–Crippen LogP) is 3.39. The zero-order chi connectivity index (χ0) is 19.3. The summed E-state index contributed by atoms with van der Waals surface area (Å²) in [5.74, 6) is -0.0654. The highest BCUT2D eigenvalue weighted by Crippen LogP contribution is 2.29. The van der Waals surface area contributed by atoms with Crippen LogP contribution >= 0.6 is 11.3 Å². The Kier molecular flexibility index (Phi) is 5.99. The lowest BCUT2D eigenvalue weighted by Gasteiger charge is -2.29. The molecule has 4 rings (SSSR count). The lowest BCUT2D eigenvalue weighted by molar-refractivity contribution is -0.00408. The molecule has 28 heavy (non-hydrogen) atoms. The Morgan fingerprint density at radius 2 is 2.14 bits per heavy atom. The van der Waals surface area contributed by atoms with Crippen LogP contribution in [0.25, 0.3) is 21.5 Å². The molecule has 1 aliphatic carbocycles. The van der Waals surface area contributed by atoms with Crippen molar-refractivity contribution >= 4 is 28.3 Å². The summed E-state index contributed by atoms with van der Waals surface area (Å²) < 4.78 is 10.8. The molecular formula is C20H24N4O3S. The van der Waals surface area contributed by atoms with E-state index in [1.165, 1.54) is 0 Å². The maximum absolute atomic E-state index is 13.0. The third-order valence-corrected chi connectivity index (χ3v) is 5.96. The van der Waals surface area contributed by atoms with Crippen LogP contribution in [0.2, 0.25) is 0 Å². The zero-order valence-electron chi connectivity index (χ0n) is 15.8. The van der Waals surface area contributed by atoms with E-state index in [4.69, 9.17) is 9.47 Å². The lowest BCUT2D eigenvalue weighted by Crippen LogP contribution is -2.39. The minimum atomic E-state index is -0.0654. The summed E-state index contributed by atoms with van der Waals surface area (Å²) in [6.07, 6.45) is 7.45. The summed E-state index contributed by atoms with van der Waals surface area (Å²) in [5.41, 5.74) is 4.92. The molecular weight excluding hydrogens is 376 g/mol. The van der Waals surface area contributed by atoms with Gasteiger partial charge in [0, 0.05) is 19.3 Å². The number of rotatable bonds is 7. The smallest absolute Gasteiger partial charge is 0.253 e. The van der Waals surface area contributed by atoms with Gasteiger partial charge in [-0.1, -0.05) is 0 Å². The number of hydrogen-bond acceptors (Lipinski definition) is 6. The number of hydrogen-bond donors (Lipinski definition) is 2. The van der Waals surface area contributed by atoms with Crippen molar-refractivity contribution in [1.82, 2.24) is 20.3 Å². The minimum absolute atomic E-state index is 0.0654. The second-order valence-electron chi connectivity index (χ2n) is 7.00. The van der Waals surface area contributed by atoms with Crippen molar-refractivity contribution in [3.8, 4) is 10.4 Å². The average molecular weight is 401 g/mol. The van der Waals surface area contributed by atoms with Crippen molar-refractivity contribution in [2.75, 3.05) is 20.3 Å². The van der Waals surface area contributed by atoms with Gasteiger partial charge in [-0.3, -0.25) is 9.78 Å². The van der Waals surface area contributed by atoms with Crippen LogP contribution in [0.1, 0.15) is 36.0 Å². The Morgan fingerprint density at radius 3 is 2.89 bits per heavy atom. The van der Waals surface area contributed by atoms with Crippen molar-refractivity contribution in [1.29, 1.82) is 0 Å². The summed E-state index contributed by atoms with van der Waals surface area (Å²) in [6.45, 7) is 1.24. The first-order valence-electron chi connectivity index (χ1n) is 9.52. The number of ether oxygens (including phenoxy) is 2. The van der Waals surface area contributed by atoms with E-state index in [9.17, 15) is 4.79 Å². The zero-order valence-corrected chi connectivity index (χ0v) is 16.6. The van der Waals surface area contributed by atoms with E-state index in [-0.39, 0.29) is 18.1 Å². The van der Waals surface area contributed by atoms with Crippen LogP contribution in [0.3, 0.4) is 0 Å². The van der Waals surface area contributed by atoms with E-state index < -0.39 is 0 Å².